The first-order valence-electron chi connectivity index (χ1n) is 11.8. The molecule has 0 aliphatic rings. The lowest BCUT2D eigenvalue weighted by molar-refractivity contribution is 0.0922. The number of nitrogens with zero attached hydrogens (tertiary/aromatic N) is 1. The summed E-state index contributed by atoms with van der Waals surface area (Å²) < 4.78 is 0. The molecule has 0 atom stereocenters. The van der Waals surface area contributed by atoms with Gasteiger partial charge in [0.05, 0.1) is 6.67 Å². The van der Waals surface area contributed by atoms with Crippen LogP contribution in [0.2, 0.25) is 0 Å². The normalized spacial score (nSPS) is 10.5. The van der Waals surface area contributed by atoms with Crippen LogP contribution in [-0.4, -0.2) is 30.6 Å². The van der Waals surface area contributed by atoms with E-state index in [-0.39, 0.29) is 5.91 Å². The molecule has 0 aliphatic carbocycles. The van der Waals surface area contributed by atoms with Crippen molar-refractivity contribution in [2.45, 2.75) is 57.3 Å². The highest BCUT2D eigenvalue weighted by atomic mass is 32.2. The van der Waals surface area contributed by atoms with Gasteiger partial charge in [-0.2, -0.15) is 0 Å². The maximum absolute atomic E-state index is 11.8. The number of carbonyl (C=O) groups is 1. The van der Waals surface area contributed by atoms with Crippen molar-refractivity contribution in [3.8, 4) is 0 Å². The molecule has 1 amide bonds. The van der Waals surface area contributed by atoms with E-state index >= 15 is 0 Å². The Kier molecular flexibility index (Phi) is 11.8. The molecular weight excluding hydrogens is 424 g/mol. The Morgan fingerprint density at radius 1 is 0.788 bits per heavy atom. The number of nitrogens with one attached hydrogen (secondary N) is 1. The van der Waals surface area contributed by atoms with Gasteiger partial charge in [-0.3, -0.25) is 9.69 Å². The molecule has 1 N–H and O–H groups in total. The highest BCUT2D eigenvalue weighted by molar-refractivity contribution is 7.99. The van der Waals surface area contributed by atoms with Crippen molar-refractivity contribution in [1.82, 2.24) is 10.2 Å². The SMILES string of the molecule is CCCN(CCC)CNC(=O)c1ccccc1.Cc1ccc(Sc2ccccc2C)c(C)c1. The van der Waals surface area contributed by atoms with E-state index in [1.807, 2.05) is 42.1 Å². The third kappa shape index (κ3) is 9.45. The summed E-state index contributed by atoms with van der Waals surface area (Å²) in [6.07, 6.45) is 2.22. The summed E-state index contributed by atoms with van der Waals surface area (Å²) in [5, 5.41) is 2.96. The zero-order valence-electron chi connectivity index (χ0n) is 20.7. The summed E-state index contributed by atoms with van der Waals surface area (Å²) in [5.41, 5.74) is 4.74. The monoisotopic (exact) mass is 462 g/mol. The molecule has 0 bridgehead atoms. The summed E-state index contributed by atoms with van der Waals surface area (Å²) in [6, 6.07) is 24.5. The number of benzene rings is 3. The molecule has 3 nitrogen and oxygen atoms in total. The van der Waals surface area contributed by atoms with Gasteiger partial charge >= 0.3 is 0 Å². The molecule has 0 spiro atoms. The second-order valence-electron chi connectivity index (χ2n) is 8.28. The van der Waals surface area contributed by atoms with Crippen LogP contribution >= 0.6 is 11.8 Å². The average Bonchev–Trinajstić information content (AvgIpc) is 2.82. The molecule has 0 heterocycles. The predicted octanol–water partition coefficient (Wildman–Crippen LogP) is 7.26. The topological polar surface area (TPSA) is 32.3 Å². The van der Waals surface area contributed by atoms with E-state index in [4.69, 9.17) is 0 Å². The molecule has 3 rings (SSSR count). The van der Waals surface area contributed by atoms with Crippen LogP contribution in [0.3, 0.4) is 0 Å². The fourth-order valence-corrected chi connectivity index (χ4v) is 4.45. The van der Waals surface area contributed by atoms with E-state index in [1.165, 1.54) is 26.5 Å². The fourth-order valence-electron chi connectivity index (χ4n) is 3.48. The molecule has 0 unspecified atom stereocenters. The highest BCUT2D eigenvalue weighted by Crippen LogP contribution is 2.32. The van der Waals surface area contributed by atoms with E-state index in [9.17, 15) is 4.79 Å². The summed E-state index contributed by atoms with van der Waals surface area (Å²) in [4.78, 5) is 16.8. The van der Waals surface area contributed by atoms with Gasteiger partial charge in [0.1, 0.15) is 0 Å². The van der Waals surface area contributed by atoms with Gasteiger partial charge in [-0.25, -0.2) is 0 Å². The van der Waals surface area contributed by atoms with Crippen LogP contribution in [0.4, 0.5) is 0 Å². The lowest BCUT2D eigenvalue weighted by Gasteiger charge is -2.21. The van der Waals surface area contributed by atoms with Crippen molar-refractivity contribution in [3.63, 3.8) is 0 Å². The van der Waals surface area contributed by atoms with E-state index < -0.39 is 0 Å². The lowest BCUT2D eigenvalue weighted by atomic mass is 10.2. The second-order valence-corrected chi connectivity index (χ2v) is 9.37. The van der Waals surface area contributed by atoms with Crippen molar-refractivity contribution in [1.29, 1.82) is 0 Å². The summed E-state index contributed by atoms with van der Waals surface area (Å²) >= 11 is 1.85. The molecular formula is C29H38N2OS. The largest absolute Gasteiger partial charge is 0.339 e. The van der Waals surface area contributed by atoms with Crippen LogP contribution < -0.4 is 5.32 Å². The molecule has 3 aromatic rings. The molecule has 0 fully saturated rings. The zero-order valence-corrected chi connectivity index (χ0v) is 21.5. The molecule has 4 heteroatoms. The third-order valence-corrected chi connectivity index (χ3v) is 6.58. The molecule has 0 aromatic heterocycles. The fraction of sp³-hybridized carbons (Fsp3) is 0.345. The van der Waals surface area contributed by atoms with Gasteiger partial charge in [0.15, 0.2) is 0 Å². The first-order valence-corrected chi connectivity index (χ1v) is 12.6. The Hall–Kier alpha value is -2.56. The van der Waals surface area contributed by atoms with E-state index in [0.29, 0.717) is 6.67 Å². The molecule has 176 valence electrons. The van der Waals surface area contributed by atoms with Gasteiger partial charge in [0, 0.05) is 15.4 Å². The minimum absolute atomic E-state index is 0.00260. The number of rotatable bonds is 9. The Labute approximate surface area is 204 Å². The van der Waals surface area contributed by atoms with Crippen molar-refractivity contribution in [3.05, 3.63) is 95.1 Å². The van der Waals surface area contributed by atoms with E-state index in [1.54, 1.807) is 0 Å². The first kappa shape index (κ1) is 26.7. The summed E-state index contributed by atoms with van der Waals surface area (Å²) in [7, 11) is 0. The Balaban J connectivity index is 0.000000234. The van der Waals surface area contributed by atoms with Crippen molar-refractivity contribution < 1.29 is 4.79 Å². The quantitative estimate of drug-likeness (QED) is 0.340. The van der Waals surface area contributed by atoms with Crippen LogP contribution in [0.25, 0.3) is 0 Å². The number of hydrogen-bond acceptors (Lipinski definition) is 3. The first-order chi connectivity index (χ1) is 15.9. The minimum Gasteiger partial charge on any atom is -0.339 e. The van der Waals surface area contributed by atoms with Gasteiger partial charge < -0.3 is 5.32 Å². The molecule has 0 radical (unpaired) electrons. The summed E-state index contributed by atoms with van der Waals surface area (Å²) in [5.74, 6) is 0.00260. The van der Waals surface area contributed by atoms with Crippen molar-refractivity contribution in [2.24, 2.45) is 0 Å². The van der Waals surface area contributed by atoms with Crippen molar-refractivity contribution >= 4 is 17.7 Å². The van der Waals surface area contributed by atoms with Gasteiger partial charge in [0.25, 0.3) is 5.91 Å². The van der Waals surface area contributed by atoms with Crippen LogP contribution in [0.5, 0.6) is 0 Å². The molecule has 0 saturated carbocycles. The predicted molar refractivity (Wildman–Crippen MR) is 142 cm³/mol. The van der Waals surface area contributed by atoms with Crippen LogP contribution in [0, 0.1) is 20.8 Å². The van der Waals surface area contributed by atoms with Crippen LogP contribution in [0.15, 0.2) is 82.6 Å². The summed E-state index contributed by atoms with van der Waals surface area (Å²) in [6.45, 7) is 13.5. The average molecular weight is 463 g/mol. The zero-order chi connectivity index (χ0) is 24.1. The van der Waals surface area contributed by atoms with Gasteiger partial charge in [-0.15, -0.1) is 0 Å². The van der Waals surface area contributed by atoms with Crippen LogP contribution in [0.1, 0.15) is 53.7 Å². The Bertz CT molecular complexity index is 982. The molecule has 3 aromatic carbocycles. The maximum atomic E-state index is 11.8. The van der Waals surface area contributed by atoms with Gasteiger partial charge in [-0.05, 0) is 82.1 Å². The van der Waals surface area contributed by atoms with Gasteiger partial charge in [0.2, 0.25) is 0 Å². The van der Waals surface area contributed by atoms with Crippen LogP contribution in [-0.2, 0) is 0 Å². The smallest absolute Gasteiger partial charge is 0.252 e. The molecule has 0 aliphatic heterocycles. The van der Waals surface area contributed by atoms with Crippen molar-refractivity contribution in [2.75, 3.05) is 19.8 Å². The third-order valence-electron chi connectivity index (χ3n) is 5.22. The number of amides is 1. The van der Waals surface area contributed by atoms with Gasteiger partial charge in [-0.1, -0.05) is 79.7 Å². The van der Waals surface area contributed by atoms with E-state index in [2.05, 4.69) is 87.3 Å². The number of carbonyl (C=O) groups excluding carboxylic acids is 1. The highest BCUT2D eigenvalue weighted by Gasteiger charge is 2.07. The Morgan fingerprint density at radius 2 is 1.39 bits per heavy atom. The molecule has 0 saturated heterocycles. The number of hydrogen-bond donors (Lipinski definition) is 1. The van der Waals surface area contributed by atoms with E-state index in [0.717, 1.165) is 31.5 Å². The standard InChI is InChI=1S/C15H16S.C14H22N2O/c1-11-8-9-15(13(3)10-11)16-14-7-5-4-6-12(14)2;1-3-10-16(11-4-2)12-15-14(17)13-8-6-5-7-9-13/h4-10H,1-3H3;5-9H,3-4,10-12H2,1-2H3,(H,15,17). The molecule has 33 heavy (non-hydrogen) atoms. The minimum atomic E-state index is 0.00260. The number of aryl methyl sites for hydroxylation is 3. The second kappa shape index (κ2) is 14.6. The lowest BCUT2D eigenvalue weighted by Crippen LogP contribution is -2.38. The maximum Gasteiger partial charge on any atom is 0.252 e. The Morgan fingerprint density at radius 3 is 2.00 bits per heavy atom.